The zero-order chi connectivity index (χ0) is 18.2. The Bertz CT molecular complexity index is 735. The normalized spacial score (nSPS) is 23.4. The molecule has 0 amide bonds. The van der Waals surface area contributed by atoms with Crippen molar-refractivity contribution in [2.24, 2.45) is 5.41 Å². The summed E-state index contributed by atoms with van der Waals surface area (Å²) in [7, 11) is 1.28. The Morgan fingerprint density at radius 2 is 2.04 bits per heavy atom. The number of carbonyl (C=O) groups excluding carboxylic acids is 1. The summed E-state index contributed by atoms with van der Waals surface area (Å²) in [5.74, 6) is -0.933. The van der Waals surface area contributed by atoms with Crippen molar-refractivity contribution in [2.45, 2.75) is 32.2 Å². The summed E-state index contributed by atoms with van der Waals surface area (Å²) in [5.41, 5.74) is -2.82. The first kappa shape index (κ1) is 17.9. The Balaban J connectivity index is 2.66. The molecule has 1 aromatic rings. The minimum absolute atomic E-state index is 0.0196. The number of aromatic nitrogens is 1. The summed E-state index contributed by atoms with van der Waals surface area (Å²) in [5, 5.41) is 9.20. The summed E-state index contributed by atoms with van der Waals surface area (Å²) >= 11 is 0. The van der Waals surface area contributed by atoms with Crippen LogP contribution in [0.5, 0.6) is 5.75 Å². The lowest BCUT2D eigenvalue weighted by Gasteiger charge is -2.40. The molecule has 1 aliphatic rings. The zero-order valence-electron chi connectivity index (χ0n) is 13.3. The molecular formula is C16H15F3N2O3. The lowest BCUT2D eigenvalue weighted by Crippen LogP contribution is -2.43. The van der Waals surface area contributed by atoms with Crippen LogP contribution in [0, 0.1) is 16.7 Å². The topological polar surface area (TPSA) is 72.2 Å². The van der Waals surface area contributed by atoms with Crippen molar-refractivity contribution in [1.82, 2.24) is 4.98 Å². The fourth-order valence-corrected chi connectivity index (χ4v) is 2.83. The van der Waals surface area contributed by atoms with Gasteiger partial charge >= 0.3 is 6.36 Å². The highest BCUT2D eigenvalue weighted by Crippen LogP contribution is 2.47. The molecule has 24 heavy (non-hydrogen) atoms. The van der Waals surface area contributed by atoms with E-state index < -0.39 is 28.9 Å². The second kappa shape index (κ2) is 5.91. The molecule has 1 atom stereocenters. The first-order chi connectivity index (χ1) is 11.0. The van der Waals surface area contributed by atoms with E-state index in [9.17, 15) is 23.2 Å². The molecule has 0 N–H and O–H groups in total. The lowest BCUT2D eigenvalue weighted by molar-refractivity contribution is -0.275. The first-order valence-corrected chi connectivity index (χ1v) is 6.99. The number of methoxy groups -OCH3 is 1. The molecule has 5 nitrogen and oxygen atoms in total. The summed E-state index contributed by atoms with van der Waals surface area (Å²) in [6.07, 6.45) is -2.38. The molecule has 0 bridgehead atoms. The van der Waals surface area contributed by atoms with Gasteiger partial charge in [-0.25, -0.2) is 0 Å². The third-order valence-corrected chi connectivity index (χ3v) is 3.82. The number of ether oxygens (including phenoxy) is 2. The second-order valence-electron chi connectivity index (χ2n) is 6.05. The van der Waals surface area contributed by atoms with Crippen molar-refractivity contribution in [2.75, 3.05) is 7.11 Å². The van der Waals surface area contributed by atoms with Crippen LogP contribution >= 0.6 is 0 Å². The van der Waals surface area contributed by atoms with Gasteiger partial charge in [-0.1, -0.05) is 13.8 Å². The Kier molecular flexibility index (Phi) is 4.42. The number of hydrogen-bond donors (Lipinski definition) is 0. The number of halogens is 3. The van der Waals surface area contributed by atoms with Crippen LogP contribution in [-0.4, -0.2) is 24.2 Å². The number of hydrogen-bond acceptors (Lipinski definition) is 5. The van der Waals surface area contributed by atoms with Gasteiger partial charge in [-0.15, -0.1) is 13.2 Å². The number of pyridine rings is 1. The van der Waals surface area contributed by atoms with Crippen molar-refractivity contribution >= 4 is 5.78 Å². The van der Waals surface area contributed by atoms with Crippen LogP contribution in [0.3, 0.4) is 0 Å². The average molecular weight is 340 g/mol. The molecule has 1 unspecified atom stereocenters. The predicted octanol–water partition coefficient (Wildman–Crippen LogP) is 3.27. The quantitative estimate of drug-likeness (QED) is 0.844. The van der Waals surface area contributed by atoms with Crippen molar-refractivity contribution in [3.8, 4) is 11.8 Å². The number of ketones is 1. The Morgan fingerprint density at radius 3 is 2.58 bits per heavy atom. The molecule has 0 aromatic carbocycles. The molecule has 0 saturated carbocycles. The molecule has 128 valence electrons. The van der Waals surface area contributed by atoms with E-state index >= 15 is 0 Å². The molecule has 0 saturated heterocycles. The van der Waals surface area contributed by atoms with Gasteiger partial charge in [0.1, 0.15) is 17.4 Å². The molecule has 0 aliphatic heterocycles. The van der Waals surface area contributed by atoms with Crippen molar-refractivity contribution < 1.29 is 27.4 Å². The first-order valence-electron chi connectivity index (χ1n) is 6.99. The van der Waals surface area contributed by atoms with Crippen LogP contribution in [0.2, 0.25) is 0 Å². The van der Waals surface area contributed by atoms with Gasteiger partial charge in [0, 0.05) is 18.7 Å². The fourth-order valence-electron chi connectivity index (χ4n) is 2.83. The molecule has 0 spiro atoms. The summed E-state index contributed by atoms with van der Waals surface area (Å²) in [4.78, 5) is 16.2. The van der Waals surface area contributed by atoms with Gasteiger partial charge in [0.2, 0.25) is 0 Å². The van der Waals surface area contributed by atoms with E-state index in [1.54, 1.807) is 19.9 Å². The van der Waals surface area contributed by atoms with E-state index in [1.807, 2.05) is 0 Å². The molecule has 1 aliphatic carbocycles. The van der Waals surface area contributed by atoms with Crippen LogP contribution in [0.4, 0.5) is 13.2 Å². The molecule has 1 aromatic heterocycles. The SMILES string of the molecule is COC1(c2ncccc2OC(F)(F)F)C=C(C#N)C(=O)C(C)(C)C1. The van der Waals surface area contributed by atoms with Crippen LogP contribution < -0.4 is 4.74 Å². The summed E-state index contributed by atoms with van der Waals surface area (Å²) < 4.78 is 47.5. The van der Waals surface area contributed by atoms with Crippen molar-refractivity contribution in [1.29, 1.82) is 5.26 Å². The van der Waals surface area contributed by atoms with Gasteiger partial charge in [0.15, 0.2) is 11.5 Å². The molecule has 0 fully saturated rings. The average Bonchev–Trinajstić information content (AvgIpc) is 2.49. The number of nitriles is 1. The summed E-state index contributed by atoms with van der Waals surface area (Å²) in [6, 6.07) is 4.18. The van der Waals surface area contributed by atoms with E-state index in [1.165, 1.54) is 25.4 Å². The van der Waals surface area contributed by atoms with E-state index in [-0.39, 0.29) is 17.7 Å². The third kappa shape index (κ3) is 3.26. The summed E-state index contributed by atoms with van der Waals surface area (Å²) in [6.45, 7) is 3.20. The largest absolute Gasteiger partial charge is 0.573 e. The standard InChI is InChI=1S/C16H15F3N2O3/c1-14(2)9-15(23-3,7-10(8-20)13(14)22)12-11(5-4-6-21-12)24-16(17,18)19/h4-7H,9H2,1-3H3. The number of alkyl halides is 3. The Hall–Kier alpha value is -2.40. The van der Waals surface area contributed by atoms with Crippen molar-refractivity contribution in [3.63, 3.8) is 0 Å². The smallest absolute Gasteiger partial charge is 0.404 e. The monoisotopic (exact) mass is 340 g/mol. The maximum Gasteiger partial charge on any atom is 0.573 e. The Morgan fingerprint density at radius 1 is 1.38 bits per heavy atom. The van der Waals surface area contributed by atoms with Gasteiger partial charge in [-0.2, -0.15) is 5.26 Å². The van der Waals surface area contributed by atoms with Crippen molar-refractivity contribution in [3.05, 3.63) is 35.7 Å². The van der Waals surface area contributed by atoms with Gasteiger partial charge in [0.05, 0.1) is 5.57 Å². The highest BCUT2D eigenvalue weighted by molar-refractivity contribution is 6.04. The van der Waals surface area contributed by atoms with E-state index in [4.69, 9.17) is 4.74 Å². The van der Waals surface area contributed by atoms with E-state index in [2.05, 4.69) is 9.72 Å². The maximum atomic E-state index is 12.7. The minimum atomic E-state index is -4.91. The van der Waals surface area contributed by atoms with Gasteiger partial charge in [-0.3, -0.25) is 9.78 Å². The van der Waals surface area contributed by atoms with Gasteiger partial charge in [0.25, 0.3) is 0 Å². The van der Waals surface area contributed by atoms with Crippen LogP contribution in [0.25, 0.3) is 0 Å². The molecule has 0 radical (unpaired) electrons. The van der Waals surface area contributed by atoms with Gasteiger partial charge in [-0.05, 0) is 24.6 Å². The fraction of sp³-hybridized carbons (Fsp3) is 0.438. The van der Waals surface area contributed by atoms with Crippen LogP contribution in [0.1, 0.15) is 26.0 Å². The van der Waals surface area contributed by atoms with E-state index in [0.29, 0.717) is 0 Å². The molecular weight excluding hydrogens is 325 g/mol. The van der Waals surface area contributed by atoms with Gasteiger partial charge < -0.3 is 9.47 Å². The maximum absolute atomic E-state index is 12.7. The number of Topliss-reactive ketones (excluding diaryl/α,β-unsaturated/α-hetero) is 1. The zero-order valence-corrected chi connectivity index (χ0v) is 13.3. The third-order valence-electron chi connectivity index (χ3n) is 3.82. The highest BCUT2D eigenvalue weighted by Gasteiger charge is 2.49. The Labute approximate surface area is 136 Å². The predicted molar refractivity (Wildman–Crippen MR) is 76.7 cm³/mol. The number of rotatable bonds is 3. The number of carbonyl (C=O) groups is 1. The van der Waals surface area contributed by atoms with E-state index in [0.717, 1.165) is 6.07 Å². The van der Waals surface area contributed by atoms with Crippen LogP contribution in [0.15, 0.2) is 30.0 Å². The molecule has 8 heteroatoms. The molecule has 1 heterocycles. The number of allylic oxidation sites excluding steroid dienone is 1. The second-order valence-corrected chi connectivity index (χ2v) is 6.05. The highest BCUT2D eigenvalue weighted by atomic mass is 19.4. The minimum Gasteiger partial charge on any atom is -0.404 e. The van der Waals surface area contributed by atoms with Crippen LogP contribution in [-0.2, 0) is 15.1 Å². The number of nitrogens with zero attached hydrogens (tertiary/aromatic N) is 2. The molecule has 2 rings (SSSR count). The lowest BCUT2D eigenvalue weighted by atomic mass is 9.68.